The van der Waals surface area contributed by atoms with Crippen molar-refractivity contribution in [1.29, 1.82) is 0 Å². The van der Waals surface area contributed by atoms with Crippen LogP contribution in [0.5, 0.6) is 0 Å². The third-order valence-electron chi connectivity index (χ3n) is 2.85. The number of hydrogen-bond acceptors (Lipinski definition) is 6. The highest BCUT2D eigenvalue weighted by atomic mass is 15.6. The molecular weight excluding hydrogens is 206 g/mol. The van der Waals surface area contributed by atoms with E-state index in [-0.39, 0.29) is 0 Å². The predicted octanol–water partition coefficient (Wildman–Crippen LogP) is -0.683. The van der Waals surface area contributed by atoms with E-state index in [0.29, 0.717) is 11.7 Å². The summed E-state index contributed by atoms with van der Waals surface area (Å²) in [6.45, 7) is 5.11. The number of anilines is 1. The number of hydrogen-bond donors (Lipinski definition) is 1. The zero-order chi connectivity index (χ0) is 11.0. The Balaban J connectivity index is 1.97. The molecule has 1 atom stereocenters. The van der Waals surface area contributed by atoms with Crippen molar-refractivity contribution in [3.05, 3.63) is 12.1 Å². The van der Waals surface area contributed by atoms with Crippen LogP contribution in [0.3, 0.4) is 0 Å². The van der Waals surface area contributed by atoms with Crippen LogP contribution >= 0.6 is 0 Å². The number of rotatable bonds is 1. The van der Waals surface area contributed by atoms with Crippen molar-refractivity contribution in [2.75, 3.05) is 24.5 Å². The van der Waals surface area contributed by atoms with E-state index in [4.69, 9.17) is 0 Å². The molecule has 1 aliphatic heterocycles. The van der Waals surface area contributed by atoms with Crippen LogP contribution in [0.1, 0.15) is 6.92 Å². The number of tetrazole rings is 1. The third-order valence-corrected chi connectivity index (χ3v) is 2.85. The van der Waals surface area contributed by atoms with Crippen LogP contribution in [-0.4, -0.2) is 50.9 Å². The highest BCUT2D eigenvalue weighted by Crippen LogP contribution is 2.14. The van der Waals surface area contributed by atoms with Crippen molar-refractivity contribution in [2.24, 2.45) is 0 Å². The number of nitrogens with zero attached hydrogens (tertiary/aromatic N) is 6. The van der Waals surface area contributed by atoms with Crippen molar-refractivity contribution in [2.45, 2.75) is 13.0 Å². The standard InChI is InChI=1S/C9H13N7/c1-7-6-10-4-5-15(7)9-3-2-8-11-13-14-16(8)12-9/h2-3,7,10H,4-6H2,1H3. The Morgan fingerprint density at radius 1 is 1.44 bits per heavy atom. The first-order chi connectivity index (χ1) is 7.84. The van der Waals surface area contributed by atoms with E-state index in [9.17, 15) is 0 Å². The summed E-state index contributed by atoms with van der Waals surface area (Å²) >= 11 is 0. The average Bonchev–Trinajstić information content (AvgIpc) is 2.76. The lowest BCUT2D eigenvalue weighted by molar-refractivity contribution is 0.493. The molecule has 1 aliphatic rings. The summed E-state index contributed by atoms with van der Waals surface area (Å²) < 4.78 is 1.46. The van der Waals surface area contributed by atoms with E-state index in [1.807, 2.05) is 12.1 Å². The summed E-state index contributed by atoms with van der Waals surface area (Å²) in [6, 6.07) is 4.29. The van der Waals surface area contributed by atoms with Gasteiger partial charge in [0.05, 0.1) is 0 Å². The fraction of sp³-hybridized carbons (Fsp3) is 0.556. The van der Waals surface area contributed by atoms with Crippen LogP contribution in [-0.2, 0) is 0 Å². The van der Waals surface area contributed by atoms with Crippen LogP contribution in [0.4, 0.5) is 5.82 Å². The SMILES string of the molecule is CC1CNCCN1c1ccc2nnnn2n1. The Morgan fingerprint density at radius 2 is 2.38 bits per heavy atom. The maximum absolute atomic E-state index is 4.39. The van der Waals surface area contributed by atoms with Crippen molar-refractivity contribution in [3.8, 4) is 0 Å². The quantitative estimate of drug-likeness (QED) is 0.685. The smallest absolute Gasteiger partial charge is 0.200 e. The molecule has 0 radical (unpaired) electrons. The fourth-order valence-electron chi connectivity index (χ4n) is 1.97. The largest absolute Gasteiger partial charge is 0.350 e. The van der Waals surface area contributed by atoms with Crippen molar-refractivity contribution in [3.63, 3.8) is 0 Å². The molecule has 7 heteroatoms. The zero-order valence-electron chi connectivity index (χ0n) is 9.04. The summed E-state index contributed by atoms with van der Waals surface area (Å²) in [7, 11) is 0. The molecule has 1 N–H and O–H groups in total. The molecule has 0 saturated carbocycles. The minimum Gasteiger partial charge on any atom is -0.350 e. The summed E-state index contributed by atoms with van der Waals surface area (Å²) in [5.74, 6) is 0.925. The maximum Gasteiger partial charge on any atom is 0.200 e. The van der Waals surface area contributed by atoms with Gasteiger partial charge in [0, 0.05) is 25.7 Å². The minimum atomic E-state index is 0.440. The Bertz CT molecular complexity index is 493. The molecule has 0 aromatic carbocycles. The summed E-state index contributed by atoms with van der Waals surface area (Å²) in [5.41, 5.74) is 0.673. The Labute approximate surface area is 92.4 Å². The second kappa shape index (κ2) is 3.67. The van der Waals surface area contributed by atoms with Gasteiger partial charge >= 0.3 is 0 Å². The molecule has 84 valence electrons. The molecule has 0 aliphatic carbocycles. The lowest BCUT2D eigenvalue weighted by Gasteiger charge is -2.34. The lowest BCUT2D eigenvalue weighted by atomic mass is 10.2. The first kappa shape index (κ1) is 9.46. The highest BCUT2D eigenvalue weighted by Gasteiger charge is 2.19. The van der Waals surface area contributed by atoms with Gasteiger partial charge in [0.15, 0.2) is 11.5 Å². The first-order valence-corrected chi connectivity index (χ1v) is 5.37. The van der Waals surface area contributed by atoms with Gasteiger partial charge in [0.25, 0.3) is 0 Å². The predicted molar refractivity (Wildman–Crippen MR) is 58.3 cm³/mol. The van der Waals surface area contributed by atoms with E-state index in [1.165, 1.54) is 4.63 Å². The molecule has 0 spiro atoms. The van der Waals surface area contributed by atoms with Gasteiger partial charge in [-0.3, -0.25) is 0 Å². The van der Waals surface area contributed by atoms with Crippen molar-refractivity contribution < 1.29 is 0 Å². The topological polar surface area (TPSA) is 71.2 Å². The molecule has 16 heavy (non-hydrogen) atoms. The molecule has 7 nitrogen and oxygen atoms in total. The van der Waals surface area contributed by atoms with Crippen LogP contribution in [0.15, 0.2) is 12.1 Å². The molecule has 0 amide bonds. The van der Waals surface area contributed by atoms with Gasteiger partial charge in [-0.2, -0.15) is 0 Å². The second-order valence-corrected chi connectivity index (χ2v) is 3.96. The molecule has 2 aromatic rings. The van der Waals surface area contributed by atoms with Crippen molar-refractivity contribution >= 4 is 11.5 Å². The number of fused-ring (bicyclic) bond motifs is 1. The van der Waals surface area contributed by atoms with E-state index in [1.54, 1.807) is 0 Å². The van der Waals surface area contributed by atoms with Gasteiger partial charge in [0.1, 0.15) is 0 Å². The molecule has 1 saturated heterocycles. The normalized spacial score (nSPS) is 21.6. The Hall–Kier alpha value is -1.76. The number of piperazine rings is 1. The number of nitrogens with one attached hydrogen (secondary N) is 1. The maximum atomic E-state index is 4.39. The van der Waals surface area contributed by atoms with Gasteiger partial charge in [-0.1, -0.05) is 0 Å². The average molecular weight is 219 g/mol. The number of aromatic nitrogens is 5. The van der Waals surface area contributed by atoms with Gasteiger partial charge in [-0.25, -0.2) is 0 Å². The molecule has 3 rings (SSSR count). The molecular formula is C9H13N7. The first-order valence-electron chi connectivity index (χ1n) is 5.37. The molecule has 0 bridgehead atoms. The van der Waals surface area contributed by atoms with Gasteiger partial charge < -0.3 is 10.2 Å². The van der Waals surface area contributed by atoms with Crippen LogP contribution < -0.4 is 10.2 Å². The van der Waals surface area contributed by atoms with Gasteiger partial charge in [-0.15, -0.1) is 14.8 Å². The van der Waals surface area contributed by atoms with E-state index < -0.39 is 0 Å². The van der Waals surface area contributed by atoms with Gasteiger partial charge in [0.2, 0.25) is 0 Å². The fourth-order valence-corrected chi connectivity index (χ4v) is 1.97. The summed E-state index contributed by atoms with van der Waals surface area (Å²) in [5, 5.41) is 18.9. The van der Waals surface area contributed by atoms with E-state index in [2.05, 4.69) is 37.8 Å². The highest BCUT2D eigenvalue weighted by molar-refractivity contribution is 5.45. The van der Waals surface area contributed by atoms with E-state index >= 15 is 0 Å². The molecule has 1 unspecified atom stereocenters. The molecule has 1 fully saturated rings. The van der Waals surface area contributed by atoms with Crippen LogP contribution in [0.25, 0.3) is 5.65 Å². The van der Waals surface area contributed by atoms with Crippen LogP contribution in [0, 0.1) is 0 Å². The molecule has 3 heterocycles. The van der Waals surface area contributed by atoms with Gasteiger partial charge in [-0.05, 0) is 29.5 Å². The third kappa shape index (κ3) is 1.49. The second-order valence-electron chi connectivity index (χ2n) is 3.96. The van der Waals surface area contributed by atoms with E-state index in [0.717, 1.165) is 25.5 Å². The Morgan fingerprint density at radius 3 is 3.25 bits per heavy atom. The van der Waals surface area contributed by atoms with Crippen LogP contribution in [0.2, 0.25) is 0 Å². The molecule has 2 aromatic heterocycles. The lowest BCUT2D eigenvalue weighted by Crippen LogP contribution is -2.50. The Kier molecular flexibility index (Phi) is 2.17. The summed E-state index contributed by atoms with van der Waals surface area (Å²) in [6.07, 6.45) is 0. The minimum absolute atomic E-state index is 0.440. The monoisotopic (exact) mass is 219 g/mol. The van der Waals surface area contributed by atoms with Crippen molar-refractivity contribution in [1.82, 2.24) is 30.6 Å². The summed E-state index contributed by atoms with van der Waals surface area (Å²) in [4.78, 5) is 2.26. The zero-order valence-corrected chi connectivity index (χ0v) is 9.04.